The van der Waals surface area contributed by atoms with E-state index in [2.05, 4.69) is 53.9 Å². The van der Waals surface area contributed by atoms with E-state index < -0.39 is 0 Å². The minimum atomic E-state index is -0.00374. The summed E-state index contributed by atoms with van der Waals surface area (Å²) in [4.78, 5) is 0. The van der Waals surface area contributed by atoms with Crippen LogP contribution in [0.25, 0.3) is 0 Å². The lowest BCUT2D eigenvalue weighted by Gasteiger charge is -2.56. The zero-order chi connectivity index (χ0) is 21.7. The van der Waals surface area contributed by atoms with E-state index in [0.29, 0.717) is 17.3 Å². The molecule has 29 heavy (non-hydrogen) atoms. The summed E-state index contributed by atoms with van der Waals surface area (Å²) in [5.41, 5.74) is 1.74. The van der Waals surface area contributed by atoms with E-state index in [1.54, 1.807) is 0 Å². The van der Waals surface area contributed by atoms with E-state index in [1.165, 1.54) is 63.4 Å². The van der Waals surface area contributed by atoms with Gasteiger partial charge < -0.3 is 4.74 Å². The fourth-order valence-electron chi connectivity index (χ4n) is 7.39. The van der Waals surface area contributed by atoms with Gasteiger partial charge in [0.2, 0.25) is 0 Å². The van der Waals surface area contributed by atoms with Crippen molar-refractivity contribution in [3.8, 4) is 0 Å². The Kier molecular flexibility index (Phi) is 9.07. The van der Waals surface area contributed by atoms with Crippen LogP contribution in [0.1, 0.15) is 105 Å². The Balaban J connectivity index is 2.17. The van der Waals surface area contributed by atoms with Crippen molar-refractivity contribution in [1.82, 2.24) is 0 Å². The van der Waals surface area contributed by atoms with Gasteiger partial charge >= 0.3 is 0 Å². The van der Waals surface area contributed by atoms with Crippen molar-refractivity contribution in [1.29, 1.82) is 0 Å². The maximum atomic E-state index is 6.52. The molecule has 0 heterocycles. The van der Waals surface area contributed by atoms with Crippen LogP contribution in [0.2, 0.25) is 0 Å². The van der Waals surface area contributed by atoms with Crippen molar-refractivity contribution >= 4 is 0 Å². The zero-order valence-corrected chi connectivity index (χ0v) is 20.6. The molecule has 0 unspecified atom stereocenters. The summed E-state index contributed by atoms with van der Waals surface area (Å²) in [5.74, 6) is 3.87. The predicted molar refractivity (Wildman–Crippen MR) is 128 cm³/mol. The molecule has 0 aromatic rings. The Morgan fingerprint density at radius 1 is 1.14 bits per heavy atom. The third-order valence-corrected chi connectivity index (χ3v) is 8.85. The largest absolute Gasteiger partial charge is 0.377 e. The van der Waals surface area contributed by atoms with Crippen LogP contribution in [-0.4, -0.2) is 12.7 Å². The van der Waals surface area contributed by atoms with Gasteiger partial charge in [-0.1, -0.05) is 58.6 Å². The van der Waals surface area contributed by atoms with Crippen molar-refractivity contribution in [3.63, 3.8) is 0 Å². The Bertz CT molecular complexity index is 534. The van der Waals surface area contributed by atoms with E-state index >= 15 is 0 Å². The molecule has 6 atom stereocenters. The lowest BCUT2D eigenvalue weighted by molar-refractivity contribution is -0.168. The van der Waals surface area contributed by atoms with Gasteiger partial charge in [-0.15, -0.1) is 13.2 Å². The minimum absolute atomic E-state index is 0.00374. The highest BCUT2D eigenvalue weighted by Gasteiger charge is 2.61. The topological polar surface area (TPSA) is 9.23 Å². The summed E-state index contributed by atoms with van der Waals surface area (Å²) in [6.07, 6.45) is 16.4. The summed E-state index contributed by atoms with van der Waals surface area (Å²) in [5, 5.41) is 0. The number of hydrogen-bond acceptors (Lipinski definition) is 1. The summed E-state index contributed by atoms with van der Waals surface area (Å²) < 4.78 is 6.52. The van der Waals surface area contributed by atoms with E-state index in [-0.39, 0.29) is 5.60 Å². The van der Waals surface area contributed by atoms with Gasteiger partial charge in [0.1, 0.15) is 0 Å². The molecule has 2 saturated carbocycles. The predicted octanol–water partition coefficient (Wildman–Crippen LogP) is 8.60. The van der Waals surface area contributed by atoms with Crippen molar-refractivity contribution in [2.45, 2.75) is 111 Å². The van der Waals surface area contributed by atoms with Crippen LogP contribution in [0.4, 0.5) is 0 Å². The lowest BCUT2D eigenvalue weighted by atomic mass is 9.53. The third kappa shape index (κ3) is 5.38. The standard InChI is InChI=1S/C28H50O/c1-9-19-28(29-8)24(15-11-13-22(4)5)18-20-27(7)25(16-17-26(27)28)23(6)14-10-12-21(2)3/h9,21,23-26H,1,4,10-20H2,2-3,5-8H3/t23-,24-,25-,26-,27-,28+/m1/s1. The molecule has 0 radical (unpaired) electrons. The second-order valence-electron chi connectivity index (χ2n) is 11.3. The van der Waals surface area contributed by atoms with Gasteiger partial charge in [0.05, 0.1) is 5.60 Å². The number of methoxy groups -OCH3 is 1. The Morgan fingerprint density at radius 2 is 1.86 bits per heavy atom. The van der Waals surface area contributed by atoms with Crippen LogP contribution in [0.5, 0.6) is 0 Å². The molecular weight excluding hydrogens is 352 g/mol. The molecule has 0 aromatic heterocycles. The van der Waals surface area contributed by atoms with Gasteiger partial charge in [-0.3, -0.25) is 0 Å². The Hall–Kier alpha value is -0.560. The van der Waals surface area contributed by atoms with Crippen molar-refractivity contribution in [2.24, 2.45) is 35.0 Å². The molecular formula is C28H50O. The molecule has 2 rings (SSSR count). The highest BCUT2D eigenvalue weighted by atomic mass is 16.5. The fourth-order valence-corrected chi connectivity index (χ4v) is 7.39. The molecule has 0 amide bonds. The monoisotopic (exact) mass is 402 g/mol. The van der Waals surface area contributed by atoms with Crippen LogP contribution in [0.3, 0.4) is 0 Å². The van der Waals surface area contributed by atoms with Crippen molar-refractivity contribution in [3.05, 3.63) is 24.8 Å². The molecule has 168 valence electrons. The highest BCUT2D eigenvalue weighted by Crippen LogP contribution is 2.64. The van der Waals surface area contributed by atoms with Gasteiger partial charge in [0.25, 0.3) is 0 Å². The van der Waals surface area contributed by atoms with Crippen molar-refractivity contribution < 1.29 is 4.74 Å². The molecule has 0 aliphatic heterocycles. The second-order valence-corrected chi connectivity index (χ2v) is 11.3. The fraction of sp³-hybridized carbons (Fsp3) is 0.857. The average Bonchev–Trinajstić information content (AvgIpc) is 3.01. The molecule has 2 fully saturated rings. The molecule has 0 saturated heterocycles. The smallest absolute Gasteiger partial charge is 0.0774 e. The van der Waals surface area contributed by atoms with Gasteiger partial charge in [-0.25, -0.2) is 0 Å². The normalized spacial score (nSPS) is 35.5. The molecule has 0 bridgehead atoms. The third-order valence-electron chi connectivity index (χ3n) is 8.85. The van der Waals surface area contributed by atoms with Crippen molar-refractivity contribution in [2.75, 3.05) is 7.11 Å². The van der Waals surface area contributed by atoms with Gasteiger partial charge in [-0.2, -0.15) is 0 Å². The molecule has 1 heteroatoms. The van der Waals surface area contributed by atoms with E-state index in [1.807, 2.05) is 7.11 Å². The lowest BCUT2D eigenvalue weighted by Crippen LogP contribution is -2.56. The number of ether oxygens (including phenoxy) is 1. The SMILES string of the molecule is C=CC[C@]1(OC)[C@H](CCCC(=C)C)CC[C@]2(C)[C@@H]([C@H](C)CCCC(C)C)CC[C@H]21. The molecule has 2 aliphatic rings. The summed E-state index contributed by atoms with van der Waals surface area (Å²) >= 11 is 0. The van der Waals surface area contributed by atoms with Crippen LogP contribution in [-0.2, 0) is 4.74 Å². The number of hydrogen-bond donors (Lipinski definition) is 0. The number of rotatable bonds is 12. The number of allylic oxidation sites excluding steroid dienone is 1. The van der Waals surface area contributed by atoms with Gasteiger partial charge in [0.15, 0.2) is 0 Å². The Labute approximate surface area is 182 Å². The van der Waals surface area contributed by atoms with Crippen LogP contribution in [0.15, 0.2) is 24.8 Å². The first-order chi connectivity index (χ1) is 13.7. The maximum absolute atomic E-state index is 6.52. The molecule has 0 spiro atoms. The van der Waals surface area contributed by atoms with Crippen LogP contribution in [0, 0.1) is 35.0 Å². The first-order valence-electron chi connectivity index (χ1n) is 12.5. The van der Waals surface area contributed by atoms with Crippen LogP contribution >= 0.6 is 0 Å². The van der Waals surface area contributed by atoms with E-state index in [4.69, 9.17) is 4.74 Å². The second kappa shape index (κ2) is 10.7. The minimum Gasteiger partial charge on any atom is -0.377 e. The quantitative estimate of drug-likeness (QED) is 0.297. The number of fused-ring (bicyclic) bond motifs is 1. The Morgan fingerprint density at radius 3 is 2.45 bits per heavy atom. The molecule has 2 aliphatic carbocycles. The van der Waals surface area contributed by atoms with Crippen LogP contribution < -0.4 is 0 Å². The molecule has 1 nitrogen and oxygen atoms in total. The summed E-state index contributed by atoms with van der Waals surface area (Å²) in [7, 11) is 1.99. The van der Waals surface area contributed by atoms with Gasteiger partial charge in [-0.05, 0) is 93.3 Å². The summed E-state index contributed by atoms with van der Waals surface area (Å²) in [6.45, 7) is 20.3. The first-order valence-corrected chi connectivity index (χ1v) is 12.5. The van der Waals surface area contributed by atoms with E-state index in [0.717, 1.165) is 30.6 Å². The summed E-state index contributed by atoms with van der Waals surface area (Å²) in [6, 6.07) is 0. The van der Waals surface area contributed by atoms with Gasteiger partial charge in [0, 0.05) is 7.11 Å². The first kappa shape index (κ1) is 24.7. The molecule has 0 aromatic carbocycles. The molecule has 0 N–H and O–H groups in total. The van der Waals surface area contributed by atoms with E-state index in [9.17, 15) is 0 Å². The maximum Gasteiger partial charge on any atom is 0.0774 e. The zero-order valence-electron chi connectivity index (χ0n) is 20.6. The highest BCUT2D eigenvalue weighted by molar-refractivity contribution is 5.12. The average molecular weight is 403 g/mol.